The van der Waals surface area contributed by atoms with Gasteiger partial charge in [-0.15, -0.1) is 0 Å². The van der Waals surface area contributed by atoms with Crippen LogP contribution in [0.5, 0.6) is 0 Å². The quantitative estimate of drug-likeness (QED) is 0.698. The van der Waals surface area contributed by atoms with Crippen molar-refractivity contribution in [2.75, 3.05) is 0 Å². The van der Waals surface area contributed by atoms with Gasteiger partial charge in [-0.2, -0.15) is 0 Å². The second-order valence-electron chi connectivity index (χ2n) is 4.66. The highest BCUT2D eigenvalue weighted by Crippen LogP contribution is 2.26. The molecule has 2 heterocycles. The van der Waals surface area contributed by atoms with E-state index in [0.717, 1.165) is 17.8 Å². The predicted molar refractivity (Wildman–Crippen MR) is 82.3 cm³/mol. The summed E-state index contributed by atoms with van der Waals surface area (Å²) in [4.78, 5) is 8.79. The van der Waals surface area contributed by atoms with Gasteiger partial charge in [-0.1, -0.05) is 37.3 Å². The molecular weight excluding hydrogens is 244 g/mol. The third kappa shape index (κ3) is 2.45. The molecule has 2 nitrogen and oxygen atoms in total. The third-order valence-corrected chi connectivity index (χ3v) is 3.40. The van der Waals surface area contributed by atoms with Crippen molar-refractivity contribution >= 4 is 0 Å². The Morgan fingerprint density at radius 3 is 2.40 bits per heavy atom. The lowest BCUT2D eigenvalue weighted by atomic mass is 9.98. The summed E-state index contributed by atoms with van der Waals surface area (Å²) in [7, 11) is 0. The molecule has 0 atom stereocenters. The van der Waals surface area contributed by atoms with Gasteiger partial charge in [0.2, 0.25) is 0 Å². The van der Waals surface area contributed by atoms with Crippen molar-refractivity contribution in [3.05, 3.63) is 72.6 Å². The van der Waals surface area contributed by atoms with Crippen LogP contribution in [0.3, 0.4) is 0 Å². The van der Waals surface area contributed by atoms with Crippen molar-refractivity contribution in [1.29, 1.82) is 0 Å². The topological polar surface area (TPSA) is 25.8 Å². The highest BCUT2D eigenvalue weighted by atomic mass is 14.8. The van der Waals surface area contributed by atoms with Crippen molar-refractivity contribution in [3.63, 3.8) is 0 Å². The van der Waals surface area contributed by atoms with E-state index in [0.29, 0.717) is 0 Å². The normalized spacial score (nSPS) is 10.4. The maximum absolute atomic E-state index is 4.43. The lowest BCUT2D eigenvalue weighted by Gasteiger charge is -2.09. The highest BCUT2D eigenvalue weighted by molar-refractivity contribution is 5.71. The summed E-state index contributed by atoms with van der Waals surface area (Å²) in [6.07, 6.45) is 4.67. The number of pyridine rings is 2. The van der Waals surface area contributed by atoms with Gasteiger partial charge >= 0.3 is 0 Å². The summed E-state index contributed by atoms with van der Waals surface area (Å²) in [6, 6.07) is 18.6. The number of rotatable bonds is 3. The molecule has 1 aromatic carbocycles. The number of aromatic nitrogens is 2. The lowest BCUT2D eigenvalue weighted by molar-refractivity contribution is 1.14. The van der Waals surface area contributed by atoms with E-state index >= 15 is 0 Å². The van der Waals surface area contributed by atoms with E-state index in [1.54, 1.807) is 6.20 Å². The van der Waals surface area contributed by atoms with Gasteiger partial charge in [0.25, 0.3) is 0 Å². The fourth-order valence-corrected chi connectivity index (χ4v) is 2.36. The molecule has 2 heteroatoms. The maximum atomic E-state index is 4.43. The molecule has 3 aromatic rings. The Bertz CT molecular complexity index is 705. The molecule has 0 amide bonds. The molecule has 0 spiro atoms. The van der Waals surface area contributed by atoms with Crippen molar-refractivity contribution in [2.45, 2.75) is 13.3 Å². The molecule has 98 valence electrons. The smallest absolute Gasteiger partial charge is 0.0892 e. The van der Waals surface area contributed by atoms with Crippen LogP contribution in [0.1, 0.15) is 12.5 Å². The molecule has 0 fully saturated rings. The van der Waals surface area contributed by atoms with Gasteiger partial charge in [0, 0.05) is 12.4 Å². The Morgan fingerprint density at radius 2 is 1.60 bits per heavy atom. The first-order chi connectivity index (χ1) is 9.88. The van der Waals surface area contributed by atoms with E-state index in [4.69, 9.17) is 0 Å². The van der Waals surface area contributed by atoms with Crippen LogP contribution in [-0.2, 0) is 6.42 Å². The molecule has 0 unspecified atom stereocenters. The van der Waals surface area contributed by atoms with Crippen LogP contribution in [0.15, 0.2) is 67.0 Å². The van der Waals surface area contributed by atoms with Gasteiger partial charge in [-0.3, -0.25) is 9.97 Å². The molecule has 0 N–H and O–H groups in total. The molecule has 20 heavy (non-hydrogen) atoms. The second kappa shape index (κ2) is 5.66. The number of benzene rings is 1. The van der Waals surface area contributed by atoms with E-state index in [-0.39, 0.29) is 0 Å². The van der Waals surface area contributed by atoms with E-state index < -0.39 is 0 Å². The molecule has 0 aliphatic heterocycles. The highest BCUT2D eigenvalue weighted by Gasteiger charge is 2.06. The monoisotopic (exact) mass is 260 g/mol. The Balaban J connectivity index is 2.08. The minimum absolute atomic E-state index is 0.906. The maximum Gasteiger partial charge on any atom is 0.0892 e. The number of hydrogen-bond acceptors (Lipinski definition) is 2. The average Bonchev–Trinajstić information content (AvgIpc) is 2.56. The molecule has 0 saturated heterocycles. The van der Waals surface area contributed by atoms with Crippen LogP contribution < -0.4 is 0 Å². The summed E-state index contributed by atoms with van der Waals surface area (Å²) in [5.74, 6) is 0. The summed E-state index contributed by atoms with van der Waals surface area (Å²) in [6.45, 7) is 2.18. The van der Waals surface area contributed by atoms with Crippen molar-refractivity contribution in [2.24, 2.45) is 0 Å². The predicted octanol–water partition coefficient (Wildman–Crippen LogP) is 4.37. The number of aryl methyl sites for hydroxylation is 1. The van der Waals surface area contributed by atoms with Crippen LogP contribution in [0.4, 0.5) is 0 Å². The second-order valence-corrected chi connectivity index (χ2v) is 4.66. The minimum Gasteiger partial charge on any atom is -0.255 e. The van der Waals surface area contributed by atoms with Crippen molar-refractivity contribution in [1.82, 2.24) is 9.97 Å². The summed E-state index contributed by atoms with van der Waals surface area (Å²) in [5, 5.41) is 0. The van der Waals surface area contributed by atoms with E-state index in [2.05, 4.69) is 53.3 Å². The van der Waals surface area contributed by atoms with Gasteiger partial charge in [-0.25, -0.2) is 0 Å². The van der Waals surface area contributed by atoms with E-state index in [1.165, 1.54) is 16.7 Å². The first-order valence-corrected chi connectivity index (χ1v) is 6.84. The Labute approximate surface area is 119 Å². The largest absolute Gasteiger partial charge is 0.255 e. The van der Waals surface area contributed by atoms with E-state index in [9.17, 15) is 0 Å². The number of nitrogens with zero attached hydrogens (tertiary/aromatic N) is 2. The molecule has 0 radical (unpaired) electrons. The molecule has 0 aliphatic rings. The first-order valence-electron chi connectivity index (χ1n) is 6.84. The zero-order chi connectivity index (χ0) is 13.8. The molecule has 0 bridgehead atoms. The summed E-state index contributed by atoms with van der Waals surface area (Å²) >= 11 is 0. The average molecular weight is 260 g/mol. The van der Waals surface area contributed by atoms with Crippen LogP contribution in [-0.4, -0.2) is 9.97 Å². The lowest BCUT2D eigenvalue weighted by Crippen LogP contribution is -1.90. The standard InChI is InChI=1S/C18H16N2/c1-2-14-7-3-4-8-16(14)15-10-12-20-18(13-15)17-9-5-6-11-19-17/h3-13H,2H2,1H3. The minimum atomic E-state index is 0.906. The fourth-order valence-electron chi connectivity index (χ4n) is 2.36. The van der Waals surface area contributed by atoms with Gasteiger partial charge in [-0.05, 0) is 47.4 Å². The SMILES string of the molecule is CCc1ccccc1-c1ccnc(-c2ccccn2)c1. The first kappa shape index (κ1) is 12.5. The zero-order valence-electron chi connectivity index (χ0n) is 11.5. The molecule has 0 saturated carbocycles. The van der Waals surface area contributed by atoms with Gasteiger partial charge in [0.1, 0.15) is 0 Å². The van der Waals surface area contributed by atoms with Gasteiger partial charge < -0.3 is 0 Å². The van der Waals surface area contributed by atoms with Crippen LogP contribution in [0.2, 0.25) is 0 Å². The van der Waals surface area contributed by atoms with Crippen LogP contribution >= 0.6 is 0 Å². The Hall–Kier alpha value is -2.48. The molecule has 0 aliphatic carbocycles. The van der Waals surface area contributed by atoms with Crippen molar-refractivity contribution < 1.29 is 0 Å². The third-order valence-electron chi connectivity index (χ3n) is 3.40. The fraction of sp³-hybridized carbons (Fsp3) is 0.111. The molecular formula is C18H16N2. The summed E-state index contributed by atoms with van der Waals surface area (Å²) in [5.41, 5.74) is 5.63. The van der Waals surface area contributed by atoms with Gasteiger partial charge in [0.15, 0.2) is 0 Å². The van der Waals surface area contributed by atoms with Crippen LogP contribution in [0, 0.1) is 0 Å². The zero-order valence-corrected chi connectivity index (χ0v) is 11.5. The van der Waals surface area contributed by atoms with Gasteiger partial charge in [0.05, 0.1) is 11.4 Å². The van der Waals surface area contributed by atoms with Crippen LogP contribution in [0.25, 0.3) is 22.5 Å². The molecule has 3 rings (SSSR count). The number of hydrogen-bond donors (Lipinski definition) is 0. The Kier molecular flexibility index (Phi) is 3.55. The van der Waals surface area contributed by atoms with Crippen molar-refractivity contribution in [3.8, 4) is 22.5 Å². The molecule has 2 aromatic heterocycles. The summed E-state index contributed by atoms with van der Waals surface area (Å²) < 4.78 is 0. The Morgan fingerprint density at radius 1 is 0.800 bits per heavy atom. The van der Waals surface area contributed by atoms with E-state index in [1.807, 2.05) is 24.4 Å².